The van der Waals surface area contributed by atoms with E-state index in [2.05, 4.69) is 14.5 Å². The minimum absolute atomic E-state index is 0.129. The summed E-state index contributed by atoms with van der Waals surface area (Å²) in [5.74, 6) is -1.69. The van der Waals surface area contributed by atoms with Gasteiger partial charge < -0.3 is 14.5 Å². The van der Waals surface area contributed by atoms with Crippen LogP contribution in [0.15, 0.2) is 9.00 Å². The molecule has 0 radical (unpaired) electrons. The second-order valence-electron chi connectivity index (χ2n) is 3.85. The van der Waals surface area contributed by atoms with Crippen molar-refractivity contribution in [2.24, 2.45) is 0 Å². The first-order chi connectivity index (χ1) is 9.72. The number of nitrogens with zero attached hydrogens (tertiary/aromatic N) is 1. The van der Waals surface area contributed by atoms with E-state index in [0.717, 1.165) is 14.2 Å². The summed E-state index contributed by atoms with van der Waals surface area (Å²) in [4.78, 5) is 35.6. The number of hydrogen-bond acceptors (Lipinski definition) is 8. The highest BCUT2D eigenvalue weighted by atomic mass is 32.2. The Morgan fingerprint density at radius 2 is 1.67 bits per heavy atom. The van der Waals surface area contributed by atoms with Crippen LogP contribution in [-0.2, 0) is 29.1 Å². The average Bonchev–Trinajstić information content (AvgIpc) is 2.77. The number of rotatable bonds is 6. The molecule has 0 saturated heterocycles. The lowest BCUT2D eigenvalue weighted by molar-refractivity contribution is -0.143. The molecule has 9 nitrogen and oxygen atoms in total. The van der Waals surface area contributed by atoms with E-state index in [9.17, 15) is 22.8 Å². The zero-order valence-electron chi connectivity index (χ0n) is 11.5. The monoisotopic (exact) mass is 338 g/mol. The minimum Gasteiger partial charge on any atom is -0.468 e. The van der Waals surface area contributed by atoms with Crippen LogP contribution in [0.3, 0.4) is 0 Å². The van der Waals surface area contributed by atoms with Crippen molar-refractivity contribution in [1.82, 2.24) is 9.29 Å². The van der Waals surface area contributed by atoms with Crippen molar-refractivity contribution < 1.29 is 27.5 Å². The van der Waals surface area contributed by atoms with Gasteiger partial charge in [0.25, 0.3) is 10.0 Å². The van der Waals surface area contributed by atoms with E-state index in [0.29, 0.717) is 15.6 Å². The molecule has 118 valence electrons. The Morgan fingerprint density at radius 3 is 2.00 bits per heavy atom. The van der Waals surface area contributed by atoms with E-state index in [1.807, 2.05) is 0 Å². The third-order valence-electron chi connectivity index (χ3n) is 2.42. The molecular formula is C10H14N2O7S2. The number of carbonyl (C=O) groups is 2. The van der Waals surface area contributed by atoms with E-state index in [1.54, 1.807) is 0 Å². The number of ether oxygens (including phenoxy) is 2. The van der Waals surface area contributed by atoms with E-state index >= 15 is 0 Å². The summed E-state index contributed by atoms with van der Waals surface area (Å²) in [6.45, 7) is 0.0676. The predicted octanol–water partition coefficient (Wildman–Crippen LogP) is -0.918. The highest BCUT2D eigenvalue weighted by molar-refractivity contribution is 7.91. The highest BCUT2D eigenvalue weighted by Gasteiger charge is 2.32. The van der Waals surface area contributed by atoms with Crippen LogP contribution >= 0.6 is 11.3 Å². The summed E-state index contributed by atoms with van der Waals surface area (Å²) in [5.41, 5.74) is 0.129. The Bertz CT molecular complexity index is 671. The topological polar surface area (TPSA) is 123 Å². The normalized spacial score (nSPS) is 11.4. The van der Waals surface area contributed by atoms with E-state index in [-0.39, 0.29) is 9.90 Å². The van der Waals surface area contributed by atoms with Gasteiger partial charge in [0.05, 0.1) is 14.2 Å². The molecule has 11 heteroatoms. The van der Waals surface area contributed by atoms with Gasteiger partial charge in [-0.25, -0.2) is 8.42 Å². The highest BCUT2D eigenvalue weighted by Crippen LogP contribution is 2.21. The molecule has 0 aliphatic rings. The molecule has 21 heavy (non-hydrogen) atoms. The molecule has 1 heterocycles. The Labute approximate surface area is 124 Å². The van der Waals surface area contributed by atoms with Crippen LogP contribution in [-0.4, -0.2) is 57.0 Å². The Balaban J connectivity index is 3.22. The molecular weight excluding hydrogens is 324 g/mol. The molecule has 0 aliphatic heterocycles. The minimum atomic E-state index is -4.20. The van der Waals surface area contributed by atoms with Gasteiger partial charge in [0.15, 0.2) is 4.21 Å². The van der Waals surface area contributed by atoms with Gasteiger partial charge >= 0.3 is 16.8 Å². The summed E-state index contributed by atoms with van der Waals surface area (Å²) in [6, 6.07) is 0. The molecule has 1 N–H and O–H groups in total. The van der Waals surface area contributed by atoms with E-state index in [4.69, 9.17) is 0 Å². The summed E-state index contributed by atoms with van der Waals surface area (Å²) in [7, 11) is -2.03. The van der Waals surface area contributed by atoms with Gasteiger partial charge in [-0.1, -0.05) is 11.3 Å². The third kappa shape index (κ3) is 4.12. The zero-order valence-corrected chi connectivity index (χ0v) is 13.2. The molecule has 1 rings (SSSR count). The molecule has 0 atom stereocenters. The van der Waals surface area contributed by atoms with Crippen LogP contribution in [0.25, 0.3) is 0 Å². The van der Waals surface area contributed by atoms with Gasteiger partial charge in [-0.15, -0.1) is 0 Å². The van der Waals surface area contributed by atoms with Gasteiger partial charge in [0.1, 0.15) is 13.1 Å². The largest absolute Gasteiger partial charge is 0.468 e. The van der Waals surface area contributed by atoms with Crippen LogP contribution in [0, 0.1) is 6.92 Å². The Morgan fingerprint density at radius 1 is 1.19 bits per heavy atom. The lowest BCUT2D eigenvalue weighted by Crippen LogP contribution is -2.40. The molecule has 0 aliphatic carbocycles. The first-order valence-corrected chi connectivity index (χ1v) is 7.81. The van der Waals surface area contributed by atoms with Crippen molar-refractivity contribution in [2.75, 3.05) is 27.3 Å². The first-order valence-electron chi connectivity index (χ1n) is 5.55. The maximum atomic E-state index is 12.4. The van der Waals surface area contributed by atoms with Crippen LogP contribution in [0.5, 0.6) is 0 Å². The van der Waals surface area contributed by atoms with Crippen molar-refractivity contribution in [1.29, 1.82) is 0 Å². The summed E-state index contributed by atoms with van der Waals surface area (Å²) in [5, 5.41) is 0. The lowest BCUT2D eigenvalue weighted by atomic mass is 10.6. The fourth-order valence-corrected chi connectivity index (χ4v) is 4.16. The predicted molar refractivity (Wildman–Crippen MR) is 72.5 cm³/mol. The van der Waals surface area contributed by atoms with Crippen molar-refractivity contribution in [3.63, 3.8) is 0 Å². The van der Waals surface area contributed by atoms with Crippen LogP contribution in [0.2, 0.25) is 0 Å². The van der Waals surface area contributed by atoms with E-state index < -0.39 is 39.9 Å². The molecule has 0 spiro atoms. The Kier molecular flexibility index (Phi) is 5.63. The number of esters is 2. The molecule has 0 fully saturated rings. The van der Waals surface area contributed by atoms with Crippen molar-refractivity contribution in [2.45, 2.75) is 11.1 Å². The molecule has 0 unspecified atom stereocenters. The summed E-state index contributed by atoms with van der Waals surface area (Å²) in [6.07, 6.45) is 0. The maximum absolute atomic E-state index is 12.4. The van der Waals surface area contributed by atoms with Gasteiger partial charge in [-0.2, -0.15) is 4.31 Å². The summed E-state index contributed by atoms with van der Waals surface area (Å²) < 4.78 is 34.0. The second kappa shape index (κ2) is 6.83. The van der Waals surface area contributed by atoms with Gasteiger partial charge in [-0.05, 0) is 6.92 Å². The number of sulfonamides is 1. The van der Waals surface area contributed by atoms with Crippen molar-refractivity contribution >= 4 is 33.3 Å². The fourth-order valence-electron chi connectivity index (χ4n) is 1.40. The smallest absolute Gasteiger partial charge is 0.321 e. The summed E-state index contributed by atoms with van der Waals surface area (Å²) >= 11 is 0.474. The molecule has 0 amide bonds. The number of nitrogens with one attached hydrogen (secondary N) is 1. The van der Waals surface area contributed by atoms with Crippen molar-refractivity contribution in [3.8, 4) is 0 Å². The molecule has 0 saturated carbocycles. The second-order valence-corrected chi connectivity index (χ2v) is 6.97. The lowest BCUT2D eigenvalue weighted by Gasteiger charge is -2.18. The van der Waals surface area contributed by atoms with Crippen LogP contribution in [0.4, 0.5) is 0 Å². The number of carbonyl (C=O) groups excluding carboxylic acids is 2. The number of aromatic nitrogens is 1. The number of hydrogen-bond donors (Lipinski definition) is 1. The van der Waals surface area contributed by atoms with Gasteiger partial charge in [-0.3, -0.25) is 14.4 Å². The number of aromatic amines is 1. The molecule has 1 aromatic rings. The number of methoxy groups -OCH3 is 2. The number of aryl methyl sites for hydroxylation is 1. The fraction of sp³-hybridized carbons (Fsp3) is 0.500. The SMILES string of the molecule is COC(=O)CN(CC(=O)OC)S(=O)(=O)c1sc(=O)[nH]c1C. The van der Waals surface area contributed by atoms with Gasteiger partial charge in [0, 0.05) is 5.69 Å². The van der Waals surface area contributed by atoms with Crippen LogP contribution < -0.4 is 4.87 Å². The molecule has 0 aromatic carbocycles. The third-order valence-corrected chi connectivity index (χ3v) is 5.80. The number of H-pyrrole nitrogens is 1. The maximum Gasteiger partial charge on any atom is 0.321 e. The van der Waals surface area contributed by atoms with Gasteiger partial charge in [0.2, 0.25) is 0 Å². The number of thiazole rings is 1. The first kappa shape index (κ1) is 17.3. The molecule has 0 bridgehead atoms. The average molecular weight is 338 g/mol. The zero-order chi connectivity index (χ0) is 16.2. The Hall–Kier alpha value is -1.72. The van der Waals surface area contributed by atoms with E-state index in [1.165, 1.54) is 6.92 Å². The molecule has 1 aromatic heterocycles. The standard InChI is InChI=1S/C10H14N2O7S2/c1-6-9(20-10(15)11-6)21(16,17)12(4-7(13)18-2)5-8(14)19-3/h4-5H2,1-3H3,(H,11,15). The quantitative estimate of drug-likeness (QED) is 0.665. The van der Waals surface area contributed by atoms with Crippen molar-refractivity contribution in [3.05, 3.63) is 15.4 Å². The van der Waals surface area contributed by atoms with Crippen LogP contribution in [0.1, 0.15) is 5.69 Å².